The maximum atomic E-state index is 13.4. The number of hydrogen-bond donors (Lipinski definition) is 2. The monoisotopic (exact) mass is 585 g/mol. The summed E-state index contributed by atoms with van der Waals surface area (Å²) in [6.07, 6.45) is 4.54. The molecule has 12 nitrogen and oxygen atoms in total. The molecule has 3 N–H and O–H groups in total. The highest BCUT2D eigenvalue weighted by Crippen LogP contribution is 2.37. The van der Waals surface area contributed by atoms with E-state index in [-0.39, 0.29) is 57.2 Å². The summed E-state index contributed by atoms with van der Waals surface area (Å²) in [7, 11) is 2.07. The van der Waals surface area contributed by atoms with E-state index in [1.807, 2.05) is 4.90 Å². The van der Waals surface area contributed by atoms with Crippen molar-refractivity contribution in [2.45, 2.75) is 13.2 Å². The molecule has 2 saturated heterocycles. The molecule has 2 aliphatic heterocycles. The van der Waals surface area contributed by atoms with Crippen molar-refractivity contribution in [3.8, 4) is 17.0 Å². The van der Waals surface area contributed by atoms with Crippen LogP contribution in [0.3, 0.4) is 0 Å². The van der Waals surface area contributed by atoms with Crippen LogP contribution in [-0.4, -0.2) is 85.8 Å². The van der Waals surface area contributed by atoms with Crippen LogP contribution in [0.1, 0.15) is 10.4 Å². The van der Waals surface area contributed by atoms with Gasteiger partial charge in [0.2, 0.25) is 5.91 Å². The number of halogens is 3. The van der Waals surface area contributed by atoms with Gasteiger partial charge in [0.1, 0.15) is 23.6 Å². The van der Waals surface area contributed by atoms with Crippen molar-refractivity contribution in [3.05, 3.63) is 53.4 Å². The first kappa shape index (κ1) is 26.9. The Bertz CT molecular complexity index is 1630. The number of hydrogen-bond acceptors (Lipinski definition) is 8. The molecule has 6 rings (SSSR count). The van der Waals surface area contributed by atoms with E-state index in [1.54, 1.807) is 12.3 Å². The number of ether oxygens (including phenoxy) is 1. The molecule has 1 aromatic carbocycles. The molecule has 0 bridgehead atoms. The Balaban J connectivity index is 1.34. The minimum Gasteiger partial charge on any atom is -0.434 e. The van der Waals surface area contributed by atoms with Crippen LogP contribution in [0.5, 0.6) is 5.75 Å². The van der Waals surface area contributed by atoms with Crippen LogP contribution < -0.4 is 15.8 Å². The lowest BCUT2D eigenvalue weighted by molar-refractivity contribution is -0.131. The van der Waals surface area contributed by atoms with Gasteiger partial charge in [-0.1, -0.05) is 11.6 Å². The van der Waals surface area contributed by atoms with Crippen molar-refractivity contribution in [3.63, 3.8) is 0 Å². The standard InChI is InChI=1S/C26H26ClF2N9O3/c1-35-8-14-10-36(11-15(14)9-35)20(39)13-37-12-18(22(33-37)17-7-16(27)3-4-19(17)41-26(28)29)32-25(40)21-23(30)34-38-6-2-5-31-24(21)38/h2-7,12,14-15,26H,8-11,13H2,1H3,(H2,30,34)(H,32,40). The first-order chi connectivity index (χ1) is 19.7. The third-order valence-electron chi connectivity index (χ3n) is 7.39. The first-order valence-electron chi connectivity index (χ1n) is 12.8. The molecule has 5 heterocycles. The van der Waals surface area contributed by atoms with E-state index in [0.717, 1.165) is 13.1 Å². The third kappa shape index (κ3) is 5.27. The number of carbonyl (C=O) groups is 2. The number of nitrogen functional groups attached to an aromatic ring is 1. The Labute approximate surface area is 237 Å². The van der Waals surface area contributed by atoms with E-state index in [4.69, 9.17) is 22.1 Å². The highest BCUT2D eigenvalue weighted by Gasteiger charge is 2.40. The quantitative estimate of drug-likeness (QED) is 0.338. The van der Waals surface area contributed by atoms with E-state index in [1.165, 1.54) is 39.8 Å². The van der Waals surface area contributed by atoms with Crippen LogP contribution in [-0.2, 0) is 11.3 Å². The topological polar surface area (TPSA) is 136 Å². The second-order valence-electron chi connectivity index (χ2n) is 10.3. The molecule has 0 aliphatic carbocycles. The van der Waals surface area contributed by atoms with Gasteiger partial charge in [0.25, 0.3) is 5.91 Å². The zero-order valence-corrected chi connectivity index (χ0v) is 22.6. The molecular formula is C26H26ClF2N9O3. The Morgan fingerprint density at radius 3 is 2.68 bits per heavy atom. The van der Waals surface area contributed by atoms with Crippen molar-refractivity contribution < 1.29 is 23.1 Å². The Kier molecular flexibility index (Phi) is 6.95. The Morgan fingerprint density at radius 2 is 1.95 bits per heavy atom. The van der Waals surface area contributed by atoms with Crippen LogP contribution in [0, 0.1) is 11.8 Å². The fourth-order valence-corrected chi connectivity index (χ4v) is 5.83. The van der Waals surface area contributed by atoms with Gasteiger partial charge in [-0.15, -0.1) is 5.10 Å². The normalized spacial score (nSPS) is 18.8. The molecule has 0 radical (unpaired) electrons. The molecule has 214 valence electrons. The molecule has 0 saturated carbocycles. The van der Waals surface area contributed by atoms with Crippen molar-refractivity contribution in [2.75, 3.05) is 44.3 Å². The highest BCUT2D eigenvalue weighted by atomic mass is 35.5. The van der Waals surface area contributed by atoms with Crippen LogP contribution in [0.15, 0.2) is 42.9 Å². The predicted octanol–water partition coefficient (Wildman–Crippen LogP) is 2.70. The molecule has 41 heavy (non-hydrogen) atoms. The largest absolute Gasteiger partial charge is 0.434 e. The number of carbonyl (C=O) groups excluding carboxylic acids is 2. The summed E-state index contributed by atoms with van der Waals surface area (Å²) in [5.41, 5.74) is 6.56. The molecule has 2 fully saturated rings. The molecule has 0 spiro atoms. The number of aromatic nitrogens is 5. The average molecular weight is 586 g/mol. The van der Waals surface area contributed by atoms with Gasteiger partial charge in [-0.2, -0.15) is 13.9 Å². The number of amides is 2. The fourth-order valence-electron chi connectivity index (χ4n) is 5.66. The minimum absolute atomic E-state index is 0.0177. The molecular weight excluding hydrogens is 560 g/mol. The summed E-state index contributed by atoms with van der Waals surface area (Å²) in [6.45, 7) is -0.0283. The predicted molar refractivity (Wildman–Crippen MR) is 146 cm³/mol. The van der Waals surface area contributed by atoms with Gasteiger partial charge in [-0.05, 0) is 43.1 Å². The summed E-state index contributed by atoms with van der Waals surface area (Å²) in [4.78, 5) is 34.9. The lowest BCUT2D eigenvalue weighted by Gasteiger charge is -2.19. The Morgan fingerprint density at radius 1 is 1.20 bits per heavy atom. The molecule has 2 amide bonds. The number of benzene rings is 1. The maximum absolute atomic E-state index is 13.4. The summed E-state index contributed by atoms with van der Waals surface area (Å²) in [5.74, 6) is -0.196. The van der Waals surface area contributed by atoms with Crippen molar-refractivity contribution in [1.29, 1.82) is 0 Å². The number of nitrogens with zero attached hydrogens (tertiary/aromatic N) is 7. The molecule has 4 aromatic rings. The number of anilines is 2. The number of rotatable bonds is 7. The fraction of sp³-hybridized carbons (Fsp3) is 0.346. The number of nitrogens with two attached hydrogens (primary N) is 1. The van der Waals surface area contributed by atoms with Crippen LogP contribution >= 0.6 is 11.6 Å². The first-order valence-corrected chi connectivity index (χ1v) is 13.2. The second-order valence-corrected chi connectivity index (χ2v) is 10.7. The van der Waals surface area contributed by atoms with Gasteiger partial charge < -0.3 is 25.6 Å². The molecule has 2 atom stereocenters. The summed E-state index contributed by atoms with van der Waals surface area (Å²) in [5, 5.41) is 11.6. The van der Waals surface area contributed by atoms with Crippen molar-refractivity contribution >= 4 is 40.6 Å². The summed E-state index contributed by atoms with van der Waals surface area (Å²) in [6, 6.07) is 5.71. The van der Waals surface area contributed by atoms with E-state index in [9.17, 15) is 18.4 Å². The van der Waals surface area contributed by atoms with Crippen LogP contribution in [0.4, 0.5) is 20.3 Å². The van der Waals surface area contributed by atoms with E-state index >= 15 is 0 Å². The number of likely N-dealkylation sites (tertiary alicyclic amines) is 2. The lowest BCUT2D eigenvalue weighted by Crippen LogP contribution is -2.34. The van der Waals surface area contributed by atoms with Crippen molar-refractivity contribution in [1.82, 2.24) is 34.2 Å². The van der Waals surface area contributed by atoms with Crippen molar-refractivity contribution in [2.24, 2.45) is 11.8 Å². The Hall–Kier alpha value is -4.30. The van der Waals surface area contributed by atoms with Gasteiger partial charge in [0.15, 0.2) is 11.5 Å². The van der Waals surface area contributed by atoms with Crippen LogP contribution in [0.25, 0.3) is 16.9 Å². The van der Waals surface area contributed by atoms with Gasteiger partial charge >= 0.3 is 6.61 Å². The molecule has 15 heteroatoms. The molecule has 2 unspecified atom stereocenters. The zero-order chi connectivity index (χ0) is 28.8. The average Bonchev–Trinajstić information content (AvgIpc) is 3.65. The zero-order valence-electron chi connectivity index (χ0n) is 21.9. The lowest BCUT2D eigenvalue weighted by atomic mass is 10.0. The van der Waals surface area contributed by atoms with Crippen LogP contribution in [0.2, 0.25) is 5.02 Å². The van der Waals surface area contributed by atoms with Gasteiger partial charge in [-0.25, -0.2) is 9.50 Å². The van der Waals surface area contributed by atoms with Gasteiger partial charge in [0.05, 0.1) is 5.69 Å². The SMILES string of the molecule is CN1CC2CN(C(=O)Cn3cc(NC(=O)c4c(N)nn5cccnc45)c(-c4cc(Cl)ccc4OC(F)F)n3)CC2C1. The highest BCUT2D eigenvalue weighted by molar-refractivity contribution is 6.31. The third-order valence-corrected chi connectivity index (χ3v) is 7.63. The second kappa shape index (κ2) is 10.6. The van der Waals surface area contributed by atoms with Gasteiger partial charge in [-0.3, -0.25) is 14.3 Å². The van der Waals surface area contributed by atoms with Gasteiger partial charge in [0, 0.05) is 55.4 Å². The maximum Gasteiger partial charge on any atom is 0.387 e. The smallest absolute Gasteiger partial charge is 0.387 e. The number of alkyl halides is 2. The molecule has 2 aliphatic rings. The number of fused-ring (bicyclic) bond motifs is 2. The van der Waals surface area contributed by atoms with E-state index in [0.29, 0.717) is 24.9 Å². The molecule has 3 aromatic heterocycles. The number of nitrogens with one attached hydrogen (secondary N) is 1. The summed E-state index contributed by atoms with van der Waals surface area (Å²) >= 11 is 6.20. The minimum atomic E-state index is -3.12. The van der Waals surface area contributed by atoms with E-state index < -0.39 is 12.5 Å². The van der Waals surface area contributed by atoms with E-state index in [2.05, 4.69) is 32.4 Å². The summed E-state index contributed by atoms with van der Waals surface area (Å²) < 4.78 is 33.9.